The van der Waals surface area contributed by atoms with Gasteiger partial charge in [-0.25, -0.2) is 4.98 Å². The lowest BCUT2D eigenvalue weighted by molar-refractivity contribution is -0.245. The highest BCUT2D eigenvalue weighted by atomic mass is 32.2. The van der Waals surface area contributed by atoms with Crippen LogP contribution in [0.15, 0.2) is 77.1 Å². The van der Waals surface area contributed by atoms with Crippen molar-refractivity contribution in [2.45, 2.75) is 35.9 Å². The minimum Gasteiger partial charge on any atom is -0.399 e. The minimum atomic E-state index is -0.490. The number of ether oxygens (including phenoxy) is 2. The number of nitrogens with zero attached hydrogens (tertiary/aromatic N) is 1. The zero-order valence-electron chi connectivity index (χ0n) is 17.4. The van der Waals surface area contributed by atoms with E-state index in [0.717, 1.165) is 38.7 Å². The van der Waals surface area contributed by atoms with E-state index in [2.05, 4.69) is 6.07 Å². The first kappa shape index (κ1) is 21.4. The van der Waals surface area contributed by atoms with Crippen LogP contribution >= 0.6 is 23.1 Å². The van der Waals surface area contributed by atoms with Crippen LogP contribution in [0.3, 0.4) is 0 Å². The summed E-state index contributed by atoms with van der Waals surface area (Å²) in [5.41, 5.74) is 10.6. The molecule has 5 rings (SSSR count). The lowest BCUT2D eigenvalue weighted by atomic mass is 10.0. The Labute approximate surface area is 195 Å². The Morgan fingerprint density at radius 2 is 1.84 bits per heavy atom. The summed E-state index contributed by atoms with van der Waals surface area (Å²) >= 11 is 3.44. The molecule has 3 atom stereocenters. The molecule has 3 aromatic carbocycles. The van der Waals surface area contributed by atoms with Gasteiger partial charge in [0.2, 0.25) is 0 Å². The van der Waals surface area contributed by atoms with Crippen molar-refractivity contribution in [3.8, 4) is 0 Å². The maximum absolute atomic E-state index is 9.36. The molecule has 0 unspecified atom stereocenters. The molecule has 0 saturated carbocycles. The first-order valence-electron chi connectivity index (χ1n) is 10.5. The van der Waals surface area contributed by atoms with Crippen molar-refractivity contribution >= 4 is 39.0 Å². The van der Waals surface area contributed by atoms with Gasteiger partial charge in [0.25, 0.3) is 0 Å². The highest BCUT2D eigenvalue weighted by Crippen LogP contribution is 2.40. The topological polar surface area (TPSA) is 77.6 Å². The summed E-state index contributed by atoms with van der Waals surface area (Å²) in [7, 11) is 0. The van der Waals surface area contributed by atoms with Crippen LogP contribution in [-0.2, 0) is 16.1 Å². The summed E-state index contributed by atoms with van der Waals surface area (Å²) < 4.78 is 15.0. The lowest BCUT2D eigenvalue weighted by Crippen LogP contribution is -2.31. The fourth-order valence-corrected chi connectivity index (χ4v) is 5.92. The molecule has 5 nitrogen and oxygen atoms in total. The molecule has 164 valence electrons. The second-order valence-corrected chi connectivity index (χ2v) is 10.1. The number of rotatable bonds is 6. The number of fused-ring (bicyclic) bond motifs is 1. The van der Waals surface area contributed by atoms with E-state index in [1.54, 1.807) is 23.1 Å². The second-order valence-electron chi connectivity index (χ2n) is 7.78. The molecule has 32 heavy (non-hydrogen) atoms. The number of aliphatic hydroxyl groups is 1. The Balaban J connectivity index is 1.36. The molecule has 4 aromatic rings. The Morgan fingerprint density at radius 3 is 2.62 bits per heavy atom. The number of hydrogen-bond donors (Lipinski definition) is 2. The van der Waals surface area contributed by atoms with E-state index in [9.17, 15) is 5.11 Å². The van der Waals surface area contributed by atoms with Crippen LogP contribution in [-0.4, -0.2) is 21.9 Å². The average Bonchev–Trinajstić information content (AvgIpc) is 3.26. The Morgan fingerprint density at radius 1 is 1.00 bits per heavy atom. The zero-order valence-corrected chi connectivity index (χ0v) is 19.0. The summed E-state index contributed by atoms with van der Waals surface area (Å²) in [6.45, 7) is 0.0300. The van der Waals surface area contributed by atoms with Crippen LogP contribution < -0.4 is 5.73 Å². The van der Waals surface area contributed by atoms with Gasteiger partial charge in [-0.05, 0) is 35.4 Å². The molecule has 1 aliphatic heterocycles. The Bertz CT molecular complexity index is 1160. The summed E-state index contributed by atoms with van der Waals surface area (Å²) in [4.78, 5) is 4.74. The highest BCUT2D eigenvalue weighted by Gasteiger charge is 2.32. The summed E-state index contributed by atoms with van der Waals surface area (Å²) in [6, 6.07) is 23.8. The summed E-state index contributed by atoms with van der Waals surface area (Å²) in [6.07, 6.45) is 0.143. The summed E-state index contributed by atoms with van der Waals surface area (Å²) in [5, 5.41) is 9.36. The quantitative estimate of drug-likeness (QED) is 0.281. The van der Waals surface area contributed by atoms with Crippen LogP contribution in [0.1, 0.15) is 35.5 Å². The lowest BCUT2D eigenvalue weighted by Gasteiger charge is -2.36. The van der Waals surface area contributed by atoms with Gasteiger partial charge in [-0.3, -0.25) is 0 Å². The molecule has 0 radical (unpaired) electrons. The molecule has 0 bridgehead atoms. The zero-order chi connectivity index (χ0) is 21.9. The van der Waals surface area contributed by atoms with Crippen molar-refractivity contribution < 1.29 is 14.6 Å². The first-order chi connectivity index (χ1) is 15.7. The van der Waals surface area contributed by atoms with Gasteiger partial charge < -0.3 is 20.3 Å². The van der Waals surface area contributed by atoms with E-state index in [-0.39, 0.29) is 18.8 Å². The number of thioether (sulfide) groups is 1. The van der Waals surface area contributed by atoms with Crippen molar-refractivity contribution in [2.24, 2.45) is 0 Å². The van der Waals surface area contributed by atoms with Gasteiger partial charge in [0.15, 0.2) is 10.6 Å². The number of aliphatic hydroxyl groups excluding tert-OH is 1. The number of anilines is 1. The van der Waals surface area contributed by atoms with Gasteiger partial charge in [-0.15, -0.1) is 11.3 Å². The fourth-order valence-electron chi connectivity index (χ4n) is 3.81. The highest BCUT2D eigenvalue weighted by molar-refractivity contribution is 8.01. The number of benzene rings is 3. The van der Waals surface area contributed by atoms with Gasteiger partial charge >= 0.3 is 0 Å². The van der Waals surface area contributed by atoms with Crippen molar-refractivity contribution in [1.82, 2.24) is 4.98 Å². The van der Waals surface area contributed by atoms with Crippen molar-refractivity contribution in [3.05, 3.63) is 89.5 Å². The molecule has 1 saturated heterocycles. The average molecular weight is 465 g/mol. The van der Waals surface area contributed by atoms with Crippen LogP contribution in [0.2, 0.25) is 0 Å². The van der Waals surface area contributed by atoms with Crippen molar-refractivity contribution in [1.29, 1.82) is 0 Å². The molecule has 3 N–H and O–H groups in total. The van der Waals surface area contributed by atoms with Crippen molar-refractivity contribution in [3.63, 3.8) is 0 Å². The normalized spacial score (nSPS) is 21.1. The minimum absolute atomic E-state index is 0.00490. The molecular formula is C25H24N2O3S2. The first-order valence-corrected chi connectivity index (χ1v) is 12.3. The van der Waals surface area contributed by atoms with Gasteiger partial charge in [-0.1, -0.05) is 60.3 Å². The predicted octanol–water partition coefficient (Wildman–Crippen LogP) is 5.71. The van der Waals surface area contributed by atoms with Crippen LogP contribution in [0.4, 0.5) is 5.69 Å². The number of para-hydroxylation sites is 1. The largest absolute Gasteiger partial charge is 0.399 e. The maximum atomic E-state index is 9.36. The Hall–Kier alpha value is -2.42. The van der Waals surface area contributed by atoms with Gasteiger partial charge in [0, 0.05) is 23.4 Å². The molecule has 0 spiro atoms. The van der Waals surface area contributed by atoms with E-state index in [4.69, 9.17) is 20.2 Å². The number of thiazole rings is 1. The maximum Gasteiger partial charge on any atom is 0.184 e. The molecule has 0 amide bonds. The van der Waals surface area contributed by atoms with Crippen LogP contribution in [0.25, 0.3) is 10.2 Å². The number of nitrogen functional groups attached to an aromatic ring is 1. The van der Waals surface area contributed by atoms with Crippen LogP contribution in [0.5, 0.6) is 0 Å². The van der Waals surface area contributed by atoms with Crippen molar-refractivity contribution in [2.75, 3.05) is 11.5 Å². The van der Waals surface area contributed by atoms with E-state index >= 15 is 0 Å². The number of aromatic nitrogens is 1. The van der Waals surface area contributed by atoms with Gasteiger partial charge in [-0.2, -0.15) is 0 Å². The molecule has 1 fully saturated rings. The van der Waals surface area contributed by atoms with Crippen LogP contribution in [0, 0.1) is 0 Å². The third-order valence-corrected chi connectivity index (χ3v) is 7.78. The molecule has 7 heteroatoms. The number of hydrogen-bond acceptors (Lipinski definition) is 7. The van der Waals surface area contributed by atoms with E-state index in [1.165, 1.54) is 4.70 Å². The third kappa shape index (κ3) is 4.82. The molecule has 1 aromatic heterocycles. The van der Waals surface area contributed by atoms with E-state index < -0.39 is 6.29 Å². The second kappa shape index (κ2) is 9.60. The molecular weight excluding hydrogens is 440 g/mol. The Kier molecular flexibility index (Phi) is 6.43. The number of nitrogens with two attached hydrogens (primary N) is 1. The van der Waals surface area contributed by atoms with Gasteiger partial charge in [0.1, 0.15) is 0 Å². The fraction of sp³-hybridized carbons (Fsp3) is 0.240. The van der Waals surface area contributed by atoms with E-state index in [1.807, 2.05) is 66.7 Å². The summed E-state index contributed by atoms with van der Waals surface area (Å²) in [5.74, 6) is 0.785. The standard InChI is InChI=1S/C25H24N2O3S2/c26-19-5-3-4-18(12-19)24-29-20(13-22(30-24)17-10-8-16(14-28)9-11-17)15-31-25-27-21-6-1-2-7-23(21)32-25/h1-12,20,22,24,28H,13-15,26H2/t20-,22+,24+/m0/s1. The molecule has 2 heterocycles. The van der Waals surface area contributed by atoms with E-state index in [0.29, 0.717) is 5.69 Å². The third-order valence-electron chi connectivity index (χ3n) is 5.46. The van der Waals surface area contributed by atoms with Gasteiger partial charge in [0.05, 0.1) is 29.0 Å². The monoisotopic (exact) mass is 464 g/mol. The molecule has 1 aliphatic rings. The smallest absolute Gasteiger partial charge is 0.184 e. The SMILES string of the molecule is Nc1cccc([C@@H]2O[C@H](CSc3nc4ccccc4s3)C[C@H](c3ccc(CO)cc3)O2)c1. The molecule has 0 aliphatic carbocycles. The predicted molar refractivity (Wildman–Crippen MR) is 130 cm³/mol.